The van der Waals surface area contributed by atoms with Crippen LogP contribution >= 0.6 is 11.8 Å². The molecular weight excluding hydrogens is 372 g/mol. The number of aromatic nitrogens is 1. The molecule has 8 nitrogen and oxygen atoms in total. The van der Waals surface area contributed by atoms with Crippen LogP contribution in [0.15, 0.2) is 29.2 Å². The van der Waals surface area contributed by atoms with Gasteiger partial charge in [0.25, 0.3) is 0 Å². The summed E-state index contributed by atoms with van der Waals surface area (Å²) in [6.45, 7) is 1.83. The Morgan fingerprint density at radius 3 is 2.63 bits per heavy atom. The monoisotopic (exact) mass is 392 g/mol. The molecule has 0 saturated heterocycles. The first-order chi connectivity index (χ1) is 12.8. The van der Waals surface area contributed by atoms with Crippen molar-refractivity contribution >= 4 is 40.5 Å². The second-order valence-electron chi connectivity index (χ2n) is 5.78. The minimum atomic E-state index is -1.18. The van der Waals surface area contributed by atoms with Crippen molar-refractivity contribution in [1.82, 2.24) is 10.3 Å². The van der Waals surface area contributed by atoms with Crippen LogP contribution in [0.5, 0.6) is 5.75 Å². The maximum atomic E-state index is 11.8. The fourth-order valence-corrected chi connectivity index (χ4v) is 3.58. The Morgan fingerprint density at radius 1 is 1.26 bits per heavy atom. The van der Waals surface area contributed by atoms with Crippen molar-refractivity contribution in [2.45, 2.75) is 30.7 Å². The maximum Gasteiger partial charge on any atom is 0.327 e. The molecule has 0 aliphatic heterocycles. The number of ether oxygens (including phenoxy) is 1. The maximum absolute atomic E-state index is 11.8. The Morgan fingerprint density at radius 2 is 2.00 bits per heavy atom. The van der Waals surface area contributed by atoms with E-state index in [1.165, 1.54) is 11.8 Å². The number of amides is 1. The number of pyridine rings is 1. The van der Waals surface area contributed by atoms with Gasteiger partial charge in [0.15, 0.2) is 0 Å². The second-order valence-corrected chi connectivity index (χ2v) is 6.84. The number of aryl methyl sites for hydroxylation is 1. The van der Waals surface area contributed by atoms with Gasteiger partial charge in [0.1, 0.15) is 17.3 Å². The topological polar surface area (TPSA) is 126 Å². The van der Waals surface area contributed by atoms with E-state index in [-0.39, 0.29) is 18.6 Å². The lowest BCUT2D eigenvalue weighted by Crippen LogP contribution is -2.42. The summed E-state index contributed by atoms with van der Waals surface area (Å²) in [6, 6.07) is 6.20. The van der Waals surface area contributed by atoms with Crippen LogP contribution in [0.25, 0.3) is 10.9 Å². The molecule has 3 N–H and O–H groups in total. The molecule has 1 aromatic carbocycles. The van der Waals surface area contributed by atoms with Gasteiger partial charge in [-0.3, -0.25) is 9.59 Å². The van der Waals surface area contributed by atoms with E-state index in [0.717, 1.165) is 16.0 Å². The van der Waals surface area contributed by atoms with Gasteiger partial charge >= 0.3 is 11.9 Å². The molecule has 9 heteroatoms. The number of carbonyl (C=O) groups is 3. The third-order valence-corrected chi connectivity index (χ3v) is 4.87. The molecule has 1 amide bonds. The van der Waals surface area contributed by atoms with Gasteiger partial charge in [0.05, 0.1) is 13.5 Å². The number of carbonyl (C=O) groups excluding carboxylic acids is 1. The molecule has 0 unspecified atom stereocenters. The number of nitrogens with zero attached hydrogens (tertiary/aromatic N) is 1. The fourth-order valence-electron chi connectivity index (χ4n) is 2.43. The smallest absolute Gasteiger partial charge is 0.327 e. The highest BCUT2D eigenvalue weighted by atomic mass is 32.2. The van der Waals surface area contributed by atoms with Crippen LogP contribution in [0.1, 0.15) is 18.5 Å². The van der Waals surface area contributed by atoms with Crippen LogP contribution < -0.4 is 10.1 Å². The highest BCUT2D eigenvalue weighted by Gasteiger charge is 2.21. The van der Waals surface area contributed by atoms with E-state index in [9.17, 15) is 19.5 Å². The van der Waals surface area contributed by atoms with Gasteiger partial charge in [0, 0.05) is 28.1 Å². The first-order valence-electron chi connectivity index (χ1n) is 8.13. The third-order valence-electron chi connectivity index (χ3n) is 3.72. The van der Waals surface area contributed by atoms with E-state index in [1.54, 1.807) is 13.2 Å². The molecule has 144 valence electrons. The molecule has 27 heavy (non-hydrogen) atoms. The zero-order chi connectivity index (χ0) is 20.0. The van der Waals surface area contributed by atoms with E-state index in [4.69, 9.17) is 9.84 Å². The Labute approximate surface area is 159 Å². The summed E-state index contributed by atoms with van der Waals surface area (Å²) in [5.74, 6) is -2.19. The number of nitrogens with one attached hydrogen (secondary N) is 1. The molecule has 0 saturated carbocycles. The van der Waals surface area contributed by atoms with E-state index in [1.807, 2.05) is 25.1 Å². The average molecular weight is 392 g/mol. The van der Waals surface area contributed by atoms with Crippen LogP contribution in [0.2, 0.25) is 0 Å². The van der Waals surface area contributed by atoms with Gasteiger partial charge in [-0.25, -0.2) is 9.78 Å². The van der Waals surface area contributed by atoms with Gasteiger partial charge in [-0.2, -0.15) is 0 Å². The first-order valence-corrected chi connectivity index (χ1v) is 9.11. The molecule has 0 radical (unpaired) electrons. The molecule has 0 fully saturated rings. The van der Waals surface area contributed by atoms with E-state index in [2.05, 4.69) is 10.3 Å². The highest BCUT2D eigenvalue weighted by molar-refractivity contribution is 7.99. The number of benzene rings is 1. The zero-order valence-corrected chi connectivity index (χ0v) is 15.7. The van der Waals surface area contributed by atoms with Crippen LogP contribution in [0, 0.1) is 6.92 Å². The predicted octanol–water partition coefficient (Wildman–Crippen LogP) is 2.08. The van der Waals surface area contributed by atoms with Crippen LogP contribution in [0.4, 0.5) is 0 Å². The lowest BCUT2D eigenvalue weighted by atomic mass is 10.2. The molecule has 2 rings (SSSR count). The van der Waals surface area contributed by atoms with E-state index >= 15 is 0 Å². The van der Waals surface area contributed by atoms with Crippen molar-refractivity contribution in [3.05, 3.63) is 30.0 Å². The lowest BCUT2D eigenvalue weighted by molar-refractivity contribution is -0.141. The molecule has 2 aromatic rings. The minimum absolute atomic E-state index is 0.0872. The summed E-state index contributed by atoms with van der Waals surface area (Å²) in [7, 11) is 1.55. The summed E-state index contributed by atoms with van der Waals surface area (Å²) in [4.78, 5) is 39.0. The number of hydrogen-bond donors (Lipinski definition) is 3. The number of rotatable bonds is 9. The summed E-state index contributed by atoms with van der Waals surface area (Å²) in [6.07, 6.45) is -0.614. The fraction of sp³-hybridized carbons (Fsp3) is 0.333. The zero-order valence-electron chi connectivity index (χ0n) is 14.9. The van der Waals surface area contributed by atoms with Gasteiger partial charge in [-0.1, -0.05) is 12.1 Å². The number of hydrogen-bond acceptors (Lipinski definition) is 6. The molecule has 0 aliphatic rings. The van der Waals surface area contributed by atoms with Gasteiger partial charge in [0.2, 0.25) is 5.91 Å². The van der Waals surface area contributed by atoms with Gasteiger partial charge in [-0.05, 0) is 19.1 Å². The highest BCUT2D eigenvalue weighted by Crippen LogP contribution is 2.32. The quantitative estimate of drug-likeness (QED) is 0.554. The lowest BCUT2D eigenvalue weighted by Gasteiger charge is -2.15. The first kappa shape index (κ1) is 20.5. The van der Waals surface area contributed by atoms with Crippen LogP contribution in [-0.4, -0.2) is 51.9 Å². The second kappa shape index (κ2) is 9.22. The normalized spacial score (nSPS) is 11.8. The van der Waals surface area contributed by atoms with Crippen molar-refractivity contribution in [3.63, 3.8) is 0 Å². The number of thioether (sulfide) groups is 1. The van der Waals surface area contributed by atoms with E-state index in [0.29, 0.717) is 11.3 Å². The molecule has 1 aromatic heterocycles. The number of fused-ring (bicyclic) bond motifs is 1. The average Bonchev–Trinajstić information content (AvgIpc) is 2.62. The standard InChI is InChI=1S/C18H20N2O6S/c1-10-8-14(11-4-3-5-13(26-2)17(11)19-10)27-9-12(18(24)25)20-15(21)6-7-16(22)23/h3-5,8,12H,6-7,9H2,1-2H3,(H,20,21)(H,22,23)(H,24,25)/t12-/m0/s1. The SMILES string of the molecule is COc1cccc2c(SC[C@H](NC(=O)CCC(=O)O)C(=O)O)cc(C)nc12. The van der Waals surface area contributed by atoms with Crippen molar-refractivity contribution in [2.75, 3.05) is 12.9 Å². The Hall–Kier alpha value is -2.81. The van der Waals surface area contributed by atoms with Crippen LogP contribution in [-0.2, 0) is 14.4 Å². The third kappa shape index (κ3) is 5.58. The molecule has 0 aliphatic carbocycles. The number of carboxylic acid groups (broad SMARTS) is 2. The number of methoxy groups -OCH3 is 1. The van der Waals surface area contributed by atoms with Crippen molar-refractivity contribution in [1.29, 1.82) is 0 Å². The minimum Gasteiger partial charge on any atom is -0.494 e. The van der Waals surface area contributed by atoms with Gasteiger partial charge < -0.3 is 20.3 Å². The molecular formula is C18H20N2O6S. The van der Waals surface area contributed by atoms with Crippen molar-refractivity contribution < 1.29 is 29.3 Å². The predicted molar refractivity (Wildman–Crippen MR) is 100 cm³/mol. The van der Waals surface area contributed by atoms with E-state index < -0.39 is 23.9 Å². The molecule has 1 atom stereocenters. The van der Waals surface area contributed by atoms with Gasteiger partial charge in [-0.15, -0.1) is 11.8 Å². The summed E-state index contributed by atoms with van der Waals surface area (Å²) >= 11 is 1.28. The Kier molecular flexibility index (Phi) is 7.00. The number of aliphatic carboxylic acids is 2. The largest absolute Gasteiger partial charge is 0.494 e. The Balaban J connectivity index is 2.16. The number of para-hydroxylation sites is 1. The molecule has 1 heterocycles. The summed E-state index contributed by atoms with van der Waals surface area (Å²) in [5.41, 5.74) is 1.44. The molecule has 0 spiro atoms. The van der Waals surface area contributed by atoms with Crippen molar-refractivity contribution in [2.24, 2.45) is 0 Å². The van der Waals surface area contributed by atoms with Crippen LogP contribution in [0.3, 0.4) is 0 Å². The summed E-state index contributed by atoms with van der Waals surface area (Å²) in [5, 5.41) is 21.2. The summed E-state index contributed by atoms with van der Waals surface area (Å²) < 4.78 is 5.33. The molecule has 0 bridgehead atoms. The Bertz CT molecular complexity index is 870. The number of carboxylic acids is 2. The van der Waals surface area contributed by atoms with Crippen molar-refractivity contribution in [3.8, 4) is 5.75 Å².